The van der Waals surface area contributed by atoms with Crippen LogP contribution in [0.4, 0.5) is 5.69 Å². The predicted molar refractivity (Wildman–Crippen MR) is 91.1 cm³/mol. The lowest BCUT2D eigenvalue weighted by Crippen LogP contribution is -2.37. The molecule has 1 aliphatic heterocycles. The summed E-state index contributed by atoms with van der Waals surface area (Å²) in [5, 5.41) is 17.0. The number of nitro groups is 1. The molecular weight excluding hydrogens is 312 g/mol. The number of ether oxygens (including phenoxy) is 2. The summed E-state index contributed by atoms with van der Waals surface area (Å²) >= 11 is 0. The van der Waals surface area contributed by atoms with Crippen molar-refractivity contribution in [3.63, 3.8) is 0 Å². The van der Waals surface area contributed by atoms with Crippen LogP contribution >= 0.6 is 0 Å². The first-order valence-corrected chi connectivity index (χ1v) is 8.06. The number of nitrogens with one attached hydrogen (secondary N) is 2. The van der Waals surface area contributed by atoms with E-state index in [0.717, 1.165) is 31.6 Å². The van der Waals surface area contributed by atoms with E-state index in [0.29, 0.717) is 25.7 Å². The van der Waals surface area contributed by atoms with Crippen LogP contribution in [0, 0.1) is 10.1 Å². The third kappa shape index (κ3) is 6.13. The highest BCUT2D eigenvalue weighted by atomic mass is 16.6. The lowest BCUT2D eigenvalue weighted by Gasteiger charge is -2.13. The normalized spacial score (nSPS) is 17.7. The fourth-order valence-corrected chi connectivity index (χ4v) is 2.32. The zero-order chi connectivity index (χ0) is 17.2. The fourth-order valence-electron chi connectivity index (χ4n) is 2.32. The van der Waals surface area contributed by atoms with Gasteiger partial charge in [0.1, 0.15) is 0 Å². The molecule has 8 nitrogen and oxygen atoms in total. The quantitative estimate of drug-likeness (QED) is 0.245. The Balaban J connectivity index is 1.62. The second-order valence-corrected chi connectivity index (χ2v) is 5.49. The van der Waals surface area contributed by atoms with Crippen molar-refractivity contribution in [2.75, 3.05) is 33.4 Å². The lowest BCUT2D eigenvalue weighted by molar-refractivity contribution is -0.384. The van der Waals surface area contributed by atoms with Crippen LogP contribution in [0.5, 0.6) is 0 Å². The number of nitro benzene ring substituents is 1. The highest BCUT2D eigenvalue weighted by Crippen LogP contribution is 2.11. The molecule has 1 aromatic rings. The van der Waals surface area contributed by atoms with Crippen molar-refractivity contribution in [2.45, 2.75) is 25.5 Å². The van der Waals surface area contributed by atoms with Crippen LogP contribution < -0.4 is 10.6 Å². The first kappa shape index (κ1) is 18.2. The van der Waals surface area contributed by atoms with Gasteiger partial charge in [-0.3, -0.25) is 15.1 Å². The Kier molecular flexibility index (Phi) is 7.44. The molecule has 0 spiro atoms. The molecule has 1 aliphatic rings. The van der Waals surface area contributed by atoms with Crippen LogP contribution in [-0.2, 0) is 16.0 Å². The number of non-ortho nitro benzene ring substituents is 1. The van der Waals surface area contributed by atoms with E-state index < -0.39 is 4.92 Å². The molecule has 0 bridgehead atoms. The van der Waals surface area contributed by atoms with Gasteiger partial charge in [-0.05, 0) is 18.4 Å². The molecule has 0 radical (unpaired) electrons. The standard InChI is InChI=1S/C16H24N4O4/c1-17-16(18-8-2-9-24-15-7-10-23-12-15)19-11-13-3-5-14(6-4-13)20(21)22/h3-6,15H,2,7-12H2,1H3,(H2,17,18,19). The molecular formula is C16H24N4O4. The monoisotopic (exact) mass is 336 g/mol. The number of hydrogen-bond acceptors (Lipinski definition) is 5. The van der Waals surface area contributed by atoms with Crippen LogP contribution in [0.25, 0.3) is 0 Å². The number of aliphatic imine (C=N–C) groups is 1. The van der Waals surface area contributed by atoms with Crippen molar-refractivity contribution >= 4 is 11.6 Å². The minimum absolute atomic E-state index is 0.0916. The molecule has 24 heavy (non-hydrogen) atoms. The molecule has 1 atom stereocenters. The Morgan fingerprint density at radius 2 is 2.21 bits per heavy atom. The molecule has 0 aromatic heterocycles. The van der Waals surface area contributed by atoms with Crippen LogP contribution in [-0.4, -0.2) is 50.4 Å². The first-order chi connectivity index (χ1) is 11.7. The fraction of sp³-hybridized carbons (Fsp3) is 0.562. The Labute approximate surface area is 141 Å². The summed E-state index contributed by atoms with van der Waals surface area (Å²) in [4.78, 5) is 14.4. The third-order valence-electron chi connectivity index (χ3n) is 3.69. The van der Waals surface area contributed by atoms with Crippen molar-refractivity contribution in [3.05, 3.63) is 39.9 Å². The van der Waals surface area contributed by atoms with Crippen LogP contribution in [0.15, 0.2) is 29.3 Å². The molecule has 1 saturated heterocycles. The Morgan fingerprint density at radius 1 is 1.42 bits per heavy atom. The molecule has 1 fully saturated rings. The number of benzene rings is 1. The molecule has 2 N–H and O–H groups in total. The molecule has 1 unspecified atom stereocenters. The second-order valence-electron chi connectivity index (χ2n) is 5.49. The number of hydrogen-bond donors (Lipinski definition) is 2. The maximum absolute atomic E-state index is 10.6. The molecule has 0 aliphatic carbocycles. The summed E-state index contributed by atoms with van der Waals surface area (Å²) in [6, 6.07) is 6.46. The molecule has 0 amide bonds. The minimum atomic E-state index is -0.405. The SMILES string of the molecule is CN=C(NCCCOC1CCOC1)NCc1ccc([N+](=O)[O-])cc1. The molecule has 1 aromatic carbocycles. The minimum Gasteiger partial charge on any atom is -0.379 e. The maximum atomic E-state index is 10.6. The van der Waals surface area contributed by atoms with Gasteiger partial charge in [0.15, 0.2) is 5.96 Å². The first-order valence-electron chi connectivity index (χ1n) is 8.06. The van der Waals surface area contributed by atoms with E-state index in [-0.39, 0.29) is 11.8 Å². The van der Waals surface area contributed by atoms with E-state index in [2.05, 4.69) is 15.6 Å². The maximum Gasteiger partial charge on any atom is 0.269 e. The van der Waals surface area contributed by atoms with E-state index in [1.807, 2.05) is 0 Å². The Bertz CT molecular complexity index is 542. The summed E-state index contributed by atoms with van der Waals surface area (Å²) in [5.41, 5.74) is 1.04. The smallest absolute Gasteiger partial charge is 0.269 e. The largest absolute Gasteiger partial charge is 0.379 e. The van der Waals surface area contributed by atoms with Crippen molar-refractivity contribution in [2.24, 2.45) is 4.99 Å². The zero-order valence-electron chi connectivity index (χ0n) is 13.9. The summed E-state index contributed by atoms with van der Waals surface area (Å²) in [6.45, 7) is 3.50. The van der Waals surface area contributed by atoms with Crippen LogP contribution in [0.3, 0.4) is 0 Å². The second kappa shape index (κ2) is 9.84. The van der Waals surface area contributed by atoms with E-state index in [9.17, 15) is 10.1 Å². The Hall–Kier alpha value is -2.19. The summed E-state index contributed by atoms with van der Waals surface area (Å²) < 4.78 is 11.0. The molecule has 132 valence electrons. The van der Waals surface area contributed by atoms with Crippen LogP contribution in [0.2, 0.25) is 0 Å². The van der Waals surface area contributed by atoms with Crippen LogP contribution in [0.1, 0.15) is 18.4 Å². The van der Waals surface area contributed by atoms with Gasteiger partial charge in [0.05, 0.1) is 17.6 Å². The highest BCUT2D eigenvalue weighted by molar-refractivity contribution is 5.79. The van der Waals surface area contributed by atoms with E-state index >= 15 is 0 Å². The van der Waals surface area contributed by atoms with Gasteiger partial charge in [-0.1, -0.05) is 12.1 Å². The lowest BCUT2D eigenvalue weighted by atomic mass is 10.2. The van der Waals surface area contributed by atoms with Gasteiger partial charge in [-0.25, -0.2) is 0 Å². The van der Waals surface area contributed by atoms with Crippen molar-refractivity contribution in [1.82, 2.24) is 10.6 Å². The average molecular weight is 336 g/mol. The zero-order valence-corrected chi connectivity index (χ0v) is 13.9. The Morgan fingerprint density at radius 3 is 2.83 bits per heavy atom. The van der Waals surface area contributed by atoms with Gasteiger partial charge in [-0.15, -0.1) is 0 Å². The van der Waals surface area contributed by atoms with Crippen molar-refractivity contribution < 1.29 is 14.4 Å². The summed E-state index contributed by atoms with van der Waals surface area (Å²) in [7, 11) is 1.71. The molecule has 1 heterocycles. The van der Waals surface area contributed by atoms with Gasteiger partial charge in [0, 0.05) is 45.5 Å². The number of nitrogens with zero attached hydrogens (tertiary/aromatic N) is 2. The summed E-state index contributed by atoms with van der Waals surface area (Å²) in [5.74, 6) is 0.692. The highest BCUT2D eigenvalue weighted by Gasteiger charge is 2.15. The van der Waals surface area contributed by atoms with Crippen molar-refractivity contribution in [1.29, 1.82) is 0 Å². The molecule has 2 rings (SSSR count). The van der Waals surface area contributed by atoms with Gasteiger partial charge < -0.3 is 20.1 Å². The molecule has 8 heteroatoms. The third-order valence-corrected chi connectivity index (χ3v) is 3.69. The van der Waals surface area contributed by atoms with Gasteiger partial charge in [0.2, 0.25) is 0 Å². The van der Waals surface area contributed by atoms with E-state index in [4.69, 9.17) is 9.47 Å². The van der Waals surface area contributed by atoms with E-state index in [1.54, 1.807) is 19.2 Å². The van der Waals surface area contributed by atoms with Gasteiger partial charge in [0.25, 0.3) is 5.69 Å². The summed E-state index contributed by atoms with van der Waals surface area (Å²) in [6.07, 6.45) is 2.10. The number of rotatable bonds is 8. The molecule has 0 saturated carbocycles. The predicted octanol–water partition coefficient (Wildman–Crippen LogP) is 1.46. The van der Waals surface area contributed by atoms with Gasteiger partial charge in [-0.2, -0.15) is 0 Å². The average Bonchev–Trinajstić information content (AvgIpc) is 3.11. The van der Waals surface area contributed by atoms with E-state index in [1.165, 1.54) is 12.1 Å². The topological polar surface area (TPSA) is 98.0 Å². The van der Waals surface area contributed by atoms with Crippen molar-refractivity contribution in [3.8, 4) is 0 Å². The van der Waals surface area contributed by atoms with Gasteiger partial charge >= 0.3 is 0 Å². The number of guanidine groups is 1.